The van der Waals surface area contributed by atoms with Gasteiger partial charge in [0, 0.05) is 29.4 Å². The highest BCUT2D eigenvalue weighted by Gasteiger charge is 2.44. The van der Waals surface area contributed by atoms with Gasteiger partial charge in [0.2, 0.25) is 5.91 Å². The number of anilines is 1. The van der Waals surface area contributed by atoms with E-state index in [1.807, 2.05) is 0 Å². The Morgan fingerprint density at radius 1 is 1.08 bits per heavy atom. The third-order valence-corrected chi connectivity index (χ3v) is 6.02. The molecule has 190 valence electrons. The molecule has 0 radical (unpaired) electrons. The maximum atomic E-state index is 13.9. The van der Waals surface area contributed by atoms with Gasteiger partial charge in [-0.2, -0.15) is 5.10 Å². The Kier molecular flexibility index (Phi) is 5.04. The molecule has 1 aliphatic heterocycles. The lowest BCUT2D eigenvalue weighted by Gasteiger charge is -2.23. The summed E-state index contributed by atoms with van der Waals surface area (Å²) in [6.45, 7) is 1.08. The fraction of sp³-hybridized carbons (Fsp3) is 0.240. The van der Waals surface area contributed by atoms with Gasteiger partial charge in [0.25, 0.3) is 5.56 Å². The quantitative estimate of drug-likeness (QED) is 0.357. The molecule has 3 heterocycles. The van der Waals surface area contributed by atoms with Crippen molar-refractivity contribution in [3.63, 3.8) is 0 Å². The molecular weight excluding hydrogens is 498 g/mol. The van der Waals surface area contributed by atoms with E-state index in [1.165, 1.54) is 29.2 Å². The summed E-state index contributed by atoms with van der Waals surface area (Å²) in [6.07, 6.45) is -2.46. The Balaban J connectivity index is 1.40. The average Bonchev–Trinajstić information content (AvgIpc) is 3.47. The molecule has 0 unspecified atom stereocenters. The second-order valence-corrected chi connectivity index (χ2v) is 8.86. The van der Waals surface area contributed by atoms with E-state index in [-0.39, 0.29) is 45.5 Å². The predicted molar refractivity (Wildman–Crippen MR) is 122 cm³/mol. The van der Waals surface area contributed by atoms with E-state index in [2.05, 4.69) is 14.6 Å². The molecule has 0 atom stereocenters. The van der Waals surface area contributed by atoms with E-state index in [1.54, 1.807) is 6.92 Å². The van der Waals surface area contributed by atoms with Gasteiger partial charge in [-0.25, -0.2) is 13.5 Å². The highest BCUT2D eigenvalue weighted by molar-refractivity contribution is 5.95. The highest BCUT2D eigenvalue weighted by atomic mass is 19.3. The summed E-state index contributed by atoms with van der Waals surface area (Å²) < 4.78 is 70.2. The minimum atomic E-state index is -3.81. The zero-order chi connectivity index (χ0) is 26.1. The number of nitrogens with zero attached hydrogens (tertiary/aromatic N) is 3. The number of alkyl halides is 2. The smallest absolute Gasteiger partial charge is 0.459 e. The average molecular weight is 515 g/mol. The molecule has 0 spiro atoms. The van der Waals surface area contributed by atoms with Crippen LogP contribution in [0.2, 0.25) is 0 Å². The number of rotatable bonds is 5. The zero-order valence-corrected chi connectivity index (χ0v) is 19.1. The Morgan fingerprint density at radius 2 is 1.78 bits per heavy atom. The van der Waals surface area contributed by atoms with Crippen LogP contribution in [0.25, 0.3) is 22.2 Å². The van der Waals surface area contributed by atoms with Crippen LogP contribution < -0.4 is 19.9 Å². The summed E-state index contributed by atoms with van der Waals surface area (Å²) in [5.41, 5.74) is -0.312. The maximum Gasteiger partial charge on any atom is 0.586 e. The number of benzene rings is 2. The van der Waals surface area contributed by atoms with Crippen molar-refractivity contribution < 1.29 is 36.2 Å². The molecule has 12 heteroatoms. The summed E-state index contributed by atoms with van der Waals surface area (Å²) in [7, 11) is 0. The van der Waals surface area contributed by atoms with E-state index in [0.29, 0.717) is 24.7 Å². The van der Waals surface area contributed by atoms with Crippen LogP contribution in [-0.2, 0) is 11.3 Å². The van der Waals surface area contributed by atoms with Crippen LogP contribution in [0.15, 0.2) is 51.7 Å². The number of hydrogen-bond acceptors (Lipinski definition) is 6. The van der Waals surface area contributed by atoms with E-state index < -0.39 is 35.9 Å². The molecule has 1 aliphatic carbocycles. The number of ether oxygens (including phenoxy) is 2. The molecule has 1 amide bonds. The van der Waals surface area contributed by atoms with Gasteiger partial charge in [0.1, 0.15) is 29.6 Å². The van der Waals surface area contributed by atoms with Crippen molar-refractivity contribution in [1.29, 1.82) is 0 Å². The number of carbonyl (C=O) groups is 1. The minimum absolute atomic E-state index is 0.0165. The fourth-order valence-corrected chi connectivity index (χ4v) is 4.37. The number of halogens is 4. The van der Waals surface area contributed by atoms with Crippen LogP contribution in [0.5, 0.6) is 11.5 Å². The summed E-state index contributed by atoms with van der Waals surface area (Å²) in [6, 6.07) is 8.01. The third kappa shape index (κ3) is 4.17. The highest BCUT2D eigenvalue weighted by Crippen LogP contribution is 2.44. The van der Waals surface area contributed by atoms with Crippen molar-refractivity contribution in [1.82, 2.24) is 9.78 Å². The van der Waals surface area contributed by atoms with Gasteiger partial charge in [-0.05, 0) is 50.1 Å². The first kappa shape index (κ1) is 23.1. The number of fused-ring (bicyclic) bond motifs is 2. The lowest BCUT2D eigenvalue weighted by atomic mass is 10.1. The Hall–Kier alpha value is -4.35. The van der Waals surface area contributed by atoms with Gasteiger partial charge in [-0.1, -0.05) is 0 Å². The lowest BCUT2D eigenvalue weighted by molar-refractivity contribution is -0.286. The van der Waals surface area contributed by atoms with Gasteiger partial charge in [0.05, 0.1) is 5.39 Å². The van der Waals surface area contributed by atoms with Crippen LogP contribution in [0.4, 0.5) is 23.2 Å². The maximum absolute atomic E-state index is 13.9. The molecule has 4 aromatic rings. The molecule has 8 nitrogen and oxygen atoms in total. The second-order valence-electron chi connectivity index (χ2n) is 8.86. The van der Waals surface area contributed by atoms with Gasteiger partial charge in [-0.3, -0.25) is 9.59 Å². The van der Waals surface area contributed by atoms with E-state index in [4.69, 9.17) is 4.42 Å². The molecule has 2 aromatic heterocycles. The Morgan fingerprint density at radius 3 is 2.49 bits per heavy atom. The molecular formula is C25H17F4N3O5. The zero-order valence-electron chi connectivity index (χ0n) is 19.1. The van der Waals surface area contributed by atoms with Crippen LogP contribution in [0.3, 0.4) is 0 Å². The minimum Gasteiger partial charge on any atom is -0.459 e. The number of amides is 1. The molecule has 1 saturated carbocycles. The molecule has 6 rings (SSSR count). The molecule has 37 heavy (non-hydrogen) atoms. The van der Waals surface area contributed by atoms with Gasteiger partial charge in [-0.15, -0.1) is 8.78 Å². The van der Waals surface area contributed by atoms with E-state index >= 15 is 0 Å². The first-order valence-electron chi connectivity index (χ1n) is 11.3. The summed E-state index contributed by atoms with van der Waals surface area (Å²) in [4.78, 5) is 28.0. The molecule has 0 bridgehead atoms. The largest absolute Gasteiger partial charge is 0.586 e. The third-order valence-electron chi connectivity index (χ3n) is 6.02. The van der Waals surface area contributed by atoms with Gasteiger partial charge < -0.3 is 18.8 Å². The number of furan rings is 1. The monoisotopic (exact) mass is 515 g/mol. The van der Waals surface area contributed by atoms with Crippen molar-refractivity contribution in [2.75, 3.05) is 4.90 Å². The van der Waals surface area contributed by atoms with Crippen molar-refractivity contribution in [3.8, 4) is 22.8 Å². The summed E-state index contributed by atoms with van der Waals surface area (Å²) in [5, 5.41) is 4.31. The first-order valence-corrected chi connectivity index (χ1v) is 11.3. The molecule has 1 fully saturated rings. The van der Waals surface area contributed by atoms with Crippen molar-refractivity contribution in [2.24, 2.45) is 0 Å². The standard InChI is InChI=1S/C25H17F4N3O5/c1-12-6-18-23(35-12)22(13-7-14(26)9-15(27)8-13)30-31(24(18)34)11-21(33)32(16-2-3-16)17-4-5-19-20(10-17)37-25(28,29)36-19/h4-10,16H,2-3,11H2,1H3. The van der Waals surface area contributed by atoms with Crippen LogP contribution >= 0.6 is 0 Å². The van der Waals surface area contributed by atoms with E-state index in [0.717, 1.165) is 16.8 Å². The number of hydrogen-bond donors (Lipinski definition) is 0. The van der Waals surface area contributed by atoms with Crippen molar-refractivity contribution >= 4 is 22.6 Å². The van der Waals surface area contributed by atoms with Crippen LogP contribution in [-0.4, -0.2) is 28.0 Å². The van der Waals surface area contributed by atoms with Gasteiger partial charge >= 0.3 is 6.29 Å². The van der Waals surface area contributed by atoms with Crippen molar-refractivity contribution in [2.45, 2.75) is 38.6 Å². The fourth-order valence-electron chi connectivity index (χ4n) is 4.37. The van der Waals surface area contributed by atoms with Crippen LogP contribution in [0, 0.1) is 18.6 Å². The number of carbonyl (C=O) groups excluding carboxylic acids is 1. The second kappa shape index (κ2) is 8.08. The van der Waals surface area contributed by atoms with E-state index in [9.17, 15) is 27.2 Å². The first-order chi connectivity index (χ1) is 17.6. The van der Waals surface area contributed by atoms with Crippen LogP contribution in [0.1, 0.15) is 18.6 Å². The number of aryl methyl sites for hydroxylation is 1. The Bertz CT molecular complexity index is 1620. The topological polar surface area (TPSA) is 86.8 Å². The Labute approximate surface area is 205 Å². The summed E-state index contributed by atoms with van der Waals surface area (Å²) in [5.74, 6) is -2.26. The SMILES string of the molecule is Cc1cc2c(=O)n(CC(=O)N(c3ccc4c(c3)OC(F)(F)O4)C3CC3)nc(-c3cc(F)cc(F)c3)c2o1. The molecule has 2 aromatic carbocycles. The predicted octanol–water partition coefficient (Wildman–Crippen LogP) is 4.76. The molecule has 2 aliphatic rings. The summed E-state index contributed by atoms with van der Waals surface area (Å²) >= 11 is 0. The normalized spacial score (nSPS) is 15.8. The van der Waals surface area contributed by atoms with Gasteiger partial charge in [0.15, 0.2) is 17.1 Å². The molecule has 0 saturated heterocycles. The molecule has 0 N–H and O–H groups in total. The lowest BCUT2D eigenvalue weighted by Crippen LogP contribution is -2.39. The number of aromatic nitrogens is 2. The van der Waals surface area contributed by atoms with Crippen molar-refractivity contribution in [3.05, 3.63) is 70.2 Å².